The van der Waals surface area contributed by atoms with E-state index in [-0.39, 0.29) is 17.7 Å². The number of piperidine rings is 1. The summed E-state index contributed by atoms with van der Waals surface area (Å²) >= 11 is 0. The highest BCUT2D eigenvalue weighted by molar-refractivity contribution is 6.07. The average Bonchev–Trinajstić information content (AvgIpc) is 3.54. The topological polar surface area (TPSA) is 84.5 Å². The molecule has 1 N–H and O–H groups in total. The third-order valence-corrected chi connectivity index (χ3v) is 6.81. The first-order valence-corrected chi connectivity index (χ1v) is 12.2. The number of rotatable bonds is 5. The van der Waals surface area contributed by atoms with E-state index in [0.717, 1.165) is 22.1 Å². The predicted molar refractivity (Wildman–Crippen MR) is 138 cm³/mol. The van der Waals surface area contributed by atoms with Crippen LogP contribution in [-0.2, 0) is 11.3 Å². The number of imidazole rings is 1. The fourth-order valence-corrected chi connectivity index (χ4v) is 4.92. The van der Waals surface area contributed by atoms with Gasteiger partial charge in [0.1, 0.15) is 5.65 Å². The monoisotopic (exact) mass is 478 g/mol. The molecule has 0 aliphatic carbocycles. The second-order valence-electron chi connectivity index (χ2n) is 9.21. The third kappa shape index (κ3) is 4.33. The number of pyridine rings is 1. The van der Waals surface area contributed by atoms with Gasteiger partial charge in [-0.05, 0) is 41.8 Å². The lowest BCUT2D eigenvalue weighted by atomic mass is 9.94. The molecule has 0 unspecified atom stereocenters. The van der Waals surface area contributed by atoms with Crippen molar-refractivity contribution in [2.45, 2.75) is 19.4 Å². The van der Waals surface area contributed by atoms with Crippen molar-refractivity contribution in [3.8, 4) is 0 Å². The molecule has 1 aliphatic rings. The molecule has 0 radical (unpaired) electrons. The molecule has 2 aromatic carbocycles. The van der Waals surface area contributed by atoms with Crippen molar-refractivity contribution >= 4 is 33.9 Å². The Hall–Kier alpha value is -4.46. The Balaban J connectivity index is 1.05. The summed E-state index contributed by atoms with van der Waals surface area (Å²) in [5.41, 5.74) is 3.16. The Kier molecular flexibility index (Phi) is 5.69. The number of benzene rings is 2. The molecule has 0 saturated carbocycles. The molecule has 2 amide bonds. The van der Waals surface area contributed by atoms with E-state index in [1.807, 2.05) is 88.6 Å². The van der Waals surface area contributed by atoms with Crippen LogP contribution in [0.15, 0.2) is 85.5 Å². The lowest BCUT2D eigenvalue weighted by Crippen LogP contribution is -2.41. The lowest BCUT2D eigenvalue weighted by Gasteiger charge is -2.31. The zero-order chi connectivity index (χ0) is 24.5. The van der Waals surface area contributed by atoms with Crippen LogP contribution in [0.5, 0.6) is 0 Å². The maximum absolute atomic E-state index is 13.2. The predicted octanol–water partition coefficient (Wildman–Crippen LogP) is 4.22. The highest BCUT2D eigenvalue weighted by Crippen LogP contribution is 2.24. The maximum atomic E-state index is 13.2. The number of nitrogens with zero attached hydrogens (tertiary/aromatic N) is 5. The van der Waals surface area contributed by atoms with Gasteiger partial charge in [-0.15, -0.1) is 0 Å². The Morgan fingerprint density at radius 1 is 0.944 bits per heavy atom. The molecule has 5 aromatic rings. The van der Waals surface area contributed by atoms with Crippen molar-refractivity contribution in [1.29, 1.82) is 0 Å². The molecule has 180 valence electrons. The Labute approximate surface area is 208 Å². The number of hydrogen-bond donors (Lipinski definition) is 1. The molecule has 8 heteroatoms. The van der Waals surface area contributed by atoms with Crippen LogP contribution < -0.4 is 5.32 Å². The molecule has 0 spiro atoms. The summed E-state index contributed by atoms with van der Waals surface area (Å²) in [5.74, 6) is -0.137. The van der Waals surface area contributed by atoms with Gasteiger partial charge in [-0.25, -0.2) is 4.98 Å². The minimum absolute atomic E-state index is 0.0267. The van der Waals surface area contributed by atoms with Crippen molar-refractivity contribution in [3.05, 3.63) is 96.7 Å². The molecular formula is C28H26N6O2. The number of nitrogens with one attached hydrogen (secondary N) is 1. The normalized spacial score (nSPS) is 14.4. The maximum Gasteiger partial charge on any atom is 0.254 e. The number of fused-ring (bicyclic) bond motifs is 2. The lowest BCUT2D eigenvalue weighted by molar-refractivity contribution is -0.121. The summed E-state index contributed by atoms with van der Waals surface area (Å²) in [6.45, 7) is 1.65. The second-order valence-corrected chi connectivity index (χ2v) is 9.21. The summed E-state index contributed by atoms with van der Waals surface area (Å²) in [4.78, 5) is 32.6. The minimum atomic E-state index is -0.136. The fraction of sp³-hybridized carbons (Fsp3) is 0.214. The zero-order valence-electron chi connectivity index (χ0n) is 19.7. The van der Waals surface area contributed by atoms with Crippen LogP contribution in [0.4, 0.5) is 5.69 Å². The van der Waals surface area contributed by atoms with E-state index in [2.05, 4.69) is 15.4 Å². The van der Waals surface area contributed by atoms with Crippen LogP contribution in [0.2, 0.25) is 0 Å². The van der Waals surface area contributed by atoms with Crippen molar-refractivity contribution in [1.82, 2.24) is 24.1 Å². The number of aromatic nitrogens is 4. The molecule has 1 saturated heterocycles. The molecule has 36 heavy (non-hydrogen) atoms. The Morgan fingerprint density at radius 3 is 2.61 bits per heavy atom. The van der Waals surface area contributed by atoms with Crippen LogP contribution in [0.25, 0.3) is 16.4 Å². The van der Waals surface area contributed by atoms with Gasteiger partial charge in [0.15, 0.2) is 0 Å². The smallest absolute Gasteiger partial charge is 0.254 e. The van der Waals surface area contributed by atoms with Gasteiger partial charge in [0.2, 0.25) is 5.91 Å². The summed E-state index contributed by atoms with van der Waals surface area (Å²) in [6.07, 6.45) is 8.69. The van der Waals surface area contributed by atoms with Crippen molar-refractivity contribution in [3.63, 3.8) is 0 Å². The molecule has 3 aromatic heterocycles. The first-order valence-electron chi connectivity index (χ1n) is 12.2. The zero-order valence-corrected chi connectivity index (χ0v) is 19.7. The van der Waals surface area contributed by atoms with Gasteiger partial charge in [0.25, 0.3) is 5.91 Å². The van der Waals surface area contributed by atoms with E-state index in [4.69, 9.17) is 0 Å². The molecule has 1 aliphatic heterocycles. The van der Waals surface area contributed by atoms with Gasteiger partial charge < -0.3 is 14.6 Å². The molecule has 0 atom stereocenters. The summed E-state index contributed by atoms with van der Waals surface area (Å²) in [7, 11) is 0. The standard InChI is InChI=1S/C28H26N6O2/c35-27(31-22-16-29-34(18-22)19-23-17-33-13-4-3-10-26(33)30-23)21-11-14-32(15-12-21)28(36)25-9-5-7-20-6-1-2-8-24(20)25/h1-10,13,16-18,21H,11-12,14-15,19H2,(H,31,35). The van der Waals surface area contributed by atoms with Crippen LogP contribution in [0, 0.1) is 5.92 Å². The van der Waals surface area contributed by atoms with Crippen LogP contribution >= 0.6 is 0 Å². The van der Waals surface area contributed by atoms with Gasteiger partial charge >= 0.3 is 0 Å². The largest absolute Gasteiger partial charge is 0.339 e. The van der Waals surface area contributed by atoms with Crippen LogP contribution in [-0.4, -0.2) is 49.0 Å². The number of carbonyl (C=O) groups excluding carboxylic acids is 2. The highest BCUT2D eigenvalue weighted by atomic mass is 16.2. The summed E-state index contributed by atoms with van der Waals surface area (Å²) in [5, 5.41) is 9.38. The number of carbonyl (C=O) groups is 2. The molecule has 8 nitrogen and oxygen atoms in total. The van der Waals surface area contributed by atoms with Gasteiger partial charge in [0, 0.05) is 43.2 Å². The second kappa shape index (κ2) is 9.30. The van der Waals surface area contributed by atoms with Crippen molar-refractivity contribution in [2.24, 2.45) is 5.92 Å². The van der Waals surface area contributed by atoms with Gasteiger partial charge in [-0.2, -0.15) is 5.10 Å². The fourth-order valence-electron chi connectivity index (χ4n) is 4.92. The molecule has 6 rings (SSSR count). The van der Waals surface area contributed by atoms with E-state index in [1.54, 1.807) is 10.9 Å². The third-order valence-electron chi connectivity index (χ3n) is 6.81. The van der Waals surface area contributed by atoms with Gasteiger partial charge in [-0.3, -0.25) is 14.3 Å². The number of hydrogen-bond acceptors (Lipinski definition) is 4. The van der Waals surface area contributed by atoms with E-state index in [0.29, 0.717) is 43.7 Å². The van der Waals surface area contributed by atoms with Crippen LogP contribution in [0.3, 0.4) is 0 Å². The number of anilines is 1. The van der Waals surface area contributed by atoms with E-state index in [9.17, 15) is 9.59 Å². The summed E-state index contributed by atoms with van der Waals surface area (Å²) < 4.78 is 3.74. The average molecular weight is 479 g/mol. The minimum Gasteiger partial charge on any atom is -0.339 e. The number of amides is 2. The summed E-state index contributed by atoms with van der Waals surface area (Å²) in [6, 6.07) is 19.6. The Morgan fingerprint density at radius 2 is 1.75 bits per heavy atom. The number of likely N-dealkylation sites (tertiary alicyclic amines) is 1. The first-order chi connectivity index (χ1) is 17.6. The van der Waals surface area contributed by atoms with Crippen molar-refractivity contribution in [2.75, 3.05) is 18.4 Å². The van der Waals surface area contributed by atoms with Gasteiger partial charge in [0.05, 0.1) is 24.1 Å². The quantitative estimate of drug-likeness (QED) is 0.410. The van der Waals surface area contributed by atoms with Crippen LogP contribution in [0.1, 0.15) is 28.9 Å². The Bertz CT molecular complexity index is 1520. The molecule has 1 fully saturated rings. The molecular weight excluding hydrogens is 452 g/mol. The molecule has 0 bridgehead atoms. The van der Waals surface area contributed by atoms with Crippen molar-refractivity contribution < 1.29 is 9.59 Å². The van der Waals surface area contributed by atoms with E-state index < -0.39 is 0 Å². The SMILES string of the molecule is O=C(Nc1cnn(Cc2cn3ccccc3n2)c1)C1CCN(C(=O)c2cccc3ccccc23)CC1. The first kappa shape index (κ1) is 22.0. The molecule has 4 heterocycles. The van der Waals surface area contributed by atoms with E-state index in [1.165, 1.54) is 0 Å². The highest BCUT2D eigenvalue weighted by Gasteiger charge is 2.28. The van der Waals surface area contributed by atoms with E-state index >= 15 is 0 Å². The van der Waals surface area contributed by atoms with Gasteiger partial charge in [-0.1, -0.05) is 42.5 Å².